The Kier molecular flexibility index (Phi) is 4.84. The molecule has 0 bridgehead atoms. The summed E-state index contributed by atoms with van der Waals surface area (Å²) in [6, 6.07) is 0. The lowest BCUT2D eigenvalue weighted by atomic mass is 10.3. The van der Waals surface area contributed by atoms with E-state index in [-0.39, 0.29) is 25.4 Å². The van der Waals surface area contributed by atoms with Gasteiger partial charge in [-0.3, -0.25) is 4.79 Å². The lowest BCUT2D eigenvalue weighted by Gasteiger charge is -2.06. The minimum atomic E-state index is -4.33. The maximum Gasteiger partial charge on any atom is 0.411 e. The topological polar surface area (TPSA) is 52.3 Å². The lowest BCUT2D eigenvalue weighted by Crippen LogP contribution is -2.20. The van der Waals surface area contributed by atoms with Crippen LogP contribution >= 0.6 is 0 Å². The average Bonchev–Trinajstić information content (AvgIpc) is 1.96. The van der Waals surface area contributed by atoms with Crippen molar-refractivity contribution in [2.24, 2.45) is 5.73 Å². The summed E-state index contributed by atoms with van der Waals surface area (Å²) >= 11 is 0. The Morgan fingerprint density at radius 1 is 1.42 bits per heavy atom. The van der Waals surface area contributed by atoms with Gasteiger partial charge in [0.1, 0.15) is 12.4 Å². The Bertz CT molecular complexity index is 146. The second kappa shape index (κ2) is 5.10. The normalized spacial score (nSPS) is 11.7. The molecule has 0 aliphatic rings. The summed E-state index contributed by atoms with van der Waals surface area (Å²) in [4.78, 5) is 10.5. The molecular formula is C6H10F3NO2. The summed E-state index contributed by atoms with van der Waals surface area (Å²) in [7, 11) is 0. The Morgan fingerprint density at radius 3 is 2.42 bits per heavy atom. The summed E-state index contributed by atoms with van der Waals surface area (Å²) in [5.41, 5.74) is 4.91. The highest BCUT2D eigenvalue weighted by Crippen LogP contribution is 2.14. The molecule has 0 aromatic rings. The highest BCUT2D eigenvalue weighted by Gasteiger charge is 2.27. The molecule has 0 aliphatic heterocycles. The molecule has 12 heavy (non-hydrogen) atoms. The van der Waals surface area contributed by atoms with Crippen molar-refractivity contribution in [2.75, 3.05) is 19.8 Å². The van der Waals surface area contributed by atoms with Crippen LogP contribution in [0.15, 0.2) is 0 Å². The first-order valence-electron chi connectivity index (χ1n) is 3.32. The van der Waals surface area contributed by atoms with Gasteiger partial charge in [-0.15, -0.1) is 0 Å². The monoisotopic (exact) mass is 185 g/mol. The summed E-state index contributed by atoms with van der Waals surface area (Å²) in [6.07, 6.45) is -4.39. The van der Waals surface area contributed by atoms with Crippen LogP contribution in [0.3, 0.4) is 0 Å². The number of carbonyl (C=O) groups excluding carboxylic acids is 1. The van der Waals surface area contributed by atoms with Crippen LogP contribution in [0.25, 0.3) is 0 Å². The molecule has 72 valence electrons. The third-order valence-corrected chi connectivity index (χ3v) is 1.02. The third-order valence-electron chi connectivity index (χ3n) is 1.02. The van der Waals surface area contributed by atoms with Gasteiger partial charge in [-0.25, -0.2) is 0 Å². The smallest absolute Gasteiger partial charge is 0.372 e. The average molecular weight is 185 g/mol. The number of ketones is 1. The zero-order valence-electron chi connectivity index (χ0n) is 6.36. The third kappa shape index (κ3) is 7.49. The minimum Gasteiger partial charge on any atom is -0.372 e. The van der Waals surface area contributed by atoms with Crippen molar-refractivity contribution in [1.82, 2.24) is 0 Å². The van der Waals surface area contributed by atoms with Gasteiger partial charge in [0.15, 0.2) is 0 Å². The van der Waals surface area contributed by atoms with E-state index in [1.165, 1.54) is 0 Å². The summed E-state index contributed by atoms with van der Waals surface area (Å²) in [5, 5.41) is 0. The van der Waals surface area contributed by atoms with Gasteiger partial charge in [0, 0.05) is 6.42 Å². The number of hydrogen-bond donors (Lipinski definition) is 1. The van der Waals surface area contributed by atoms with Crippen LogP contribution in [-0.4, -0.2) is 31.7 Å². The highest BCUT2D eigenvalue weighted by atomic mass is 19.4. The predicted octanol–water partition coefficient (Wildman–Crippen LogP) is 0.483. The van der Waals surface area contributed by atoms with E-state index in [0.29, 0.717) is 0 Å². The Hall–Kier alpha value is -0.620. The van der Waals surface area contributed by atoms with E-state index in [9.17, 15) is 18.0 Å². The first-order chi connectivity index (χ1) is 5.45. The van der Waals surface area contributed by atoms with Crippen molar-refractivity contribution in [3.05, 3.63) is 0 Å². The predicted molar refractivity (Wildman–Crippen MR) is 35.6 cm³/mol. The zero-order valence-corrected chi connectivity index (χ0v) is 6.36. The van der Waals surface area contributed by atoms with E-state index in [2.05, 4.69) is 4.74 Å². The summed E-state index contributed by atoms with van der Waals surface area (Å²) < 4.78 is 38.5. The summed E-state index contributed by atoms with van der Waals surface area (Å²) in [6.45, 7) is -1.70. The molecule has 0 heterocycles. The number of rotatable bonds is 5. The van der Waals surface area contributed by atoms with E-state index in [4.69, 9.17) is 5.73 Å². The Labute approximate surface area is 67.7 Å². The molecule has 2 N–H and O–H groups in total. The van der Waals surface area contributed by atoms with Crippen LogP contribution in [0.2, 0.25) is 0 Å². The van der Waals surface area contributed by atoms with Crippen LogP contribution in [0.5, 0.6) is 0 Å². The van der Waals surface area contributed by atoms with Gasteiger partial charge in [0.2, 0.25) is 0 Å². The molecule has 3 nitrogen and oxygen atoms in total. The van der Waals surface area contributed by atoms with Gasteiger partial charge in [-0.05, 0) is 0 Å². The standard InChI is InChI=1S/C6H10F3NO2/c7-6(8,9)4-12-2-1-5(11)3-10/h1-4,10H2. The van der Waals surface area contributed by atoms with E-state index in [1.807, 2.05) is 0 Å². The first-order valence-corrected chi connectivity index (χ1v) is 3.32. The van der Waals surface area contributed by atoms with Crippen LogP contribution in [0, 0.1) is 0 Å². The van der Waals surface area contributed by atoms with Gasteiger partial charge in [0.25, 0.3) is 0 Å². The van der Waals surface area contributed by atoms with E-state index >= 15 is 0 Å². The van der Waals surface area contributed by atoms with Gasteiger partial charge in [0.05, 0.1) is 13.2 Å². The maximum atomic E-state index is 11.4. The molecule has 0 saturated heterocycles. The van der Waals surface area contributed by atoms with Crippen LogP contribution in [0.4, 0.5) is 13.2 Å². The first kappa shape index (κ1) is 11.4. The molecular weight excluding hydrogens is 175 g/mol. The second-order valence-corrected chi connectivity index (χ2v) is 2.16. The molecule has 0 spiro atoms. The van der Waals surface area contributed by atoms with Gasteiger partial charge in [-0.2, -0.15) is 13.2 Å². The van der Waals surface area contributed by atoms with Gasteiger partial charge < -0.3 is 10.5 Å². The van der Waals surface area contributed by atoms with Crippen LogP contribution < -0.4 is 5.73 Å². The number of halogens is 3. The number of Topliss-reactive ketones (excluding diaryl/α,β-unsaturated/α-hetero) is 1. The molecule has 0 aromatic carbocycles. The number of carbonyl (C=O) groups is 1. The van der Waals surface area contributed by atoms with E-state index in [1.54, 1.807) is 0 Å². The molecule has 0 radical (unpaired) electrons. The SMILES string of the molecule is NCC(=O)CCOCC(F)(F)F. The van der Waals surface area contributed by atoms with Crippen molar-refractivity contribution in [3.63, 3.8) is 0 Å². The van der Waals surface area contributed by atoms with Crippen LogP contribution in [0.1, 0.15) is 6.42 Å². The largest absolute Gasteiger partial charge is 0.411 e. The number of alkyl halides is 3. The Morgan fingerprint density at radius 2 is 2.00 bits per heavy atom. The van der Waals surface area contributed by atoms with Crippen molar-refractivity contribution in [3.8, 4) is 0 Å². The molecule has 0 fully saturated rings. The number of hydrogen-bond acceptors (Lipinski definition) is 3. The summed E-state index contributed by atoms with van der Waals surface area (Å²) in [5.74, 6) is -0.308. The van der Waals surface area contributed by atoms with E-state index < -0.39 is 12.8 Å². The lowest BCUT2D eigenvalue weighted by molar-refractivity contribution is -0.174. The highest BCUT2D eigenvalue weighted by molar-refractivity contribution is 5.80. The fourth-order valence-corrected chi connectivity index (χ4v) is 0.476. The van der Waals surface area contributed by atoms with Crippen molar-refractivity contribution < 1.29 is 22.7 Å². The fourth-order valence-electron chi connectivity index (χ4n) is 0.476. The van der Waals surface area contributed by atoms with Crippen molar-refractivity contribution in [1.29, 1.82) is 0 Å². The minimum absolute atomic E-state index is 0.0629. The quantitative estimate of drug-likeness (QED) is 0.634. The molecule has 0 saturated carbocycles. The van der Waals surface area contributed by atoms with E-state index in [0.717, 1.165) is 0 Å². The fraction of sp³-hybridized carbons (Fsp3) is 0.833. The van der Waals surface area contributed by atoms with Gasteiger partial charge >= 0.3 is 6.18 Å². The molecule has 0 aromatic heterocycles. The molecule has 0 rings (SSSR count). The Balaban J connectivity index is 3.28. The number of ether oxygens (including phenoxy) is 1. The molecule has 0 aliphatic carbocycles. The zero-order chi connectivity index (χ0) is 9.61. The number of nitrogens with two attached hydrogens (primary N) is 1. The second-order valence-electron chi connectivity index (χ2n) is 2.16. The van der Waals surface area contributed by atoms with Crippen LogP contribution in [-0.2, 0) is 9.53 Å². The van der Waals surface area contributed by atoms with Gasteiger partial charge in [-0.1, -0.05) is 0 Å². The molecule has 0 atom stereocenters. The molecule has 0 unspecified atom stereocenters. The molecule has 6 heteroatoms. The molecule has 0 amide bonds. The van der Waals surface area contributed by atoms with Crippen molar-refractivity contribution >= 4 is 5.78 Å². The van der Waals surface area contributed by atoms with Crippen molar-refractivity contribution in [2.45, 2.75) is 12.6 Å². The maximum absolute atomic E-state index is 11.4.